The van der Waals surface area contributed by atoms with Crippen molar-refractivity contribution in [3.8, 4) is 5.75 Å². The van der Waals surface area contributed by atoms with Crippen LogP contribution in [0.3, 0.4) is 0 Å². The molecule has 1 aromatic carbocycles. The lowest BCUT2D eigenvalue weighted by molar-refractivity contribution is 0.303. The van der Waals surface area contributed by atoms with Crippen LogP contribution >= 0.6 is 0 Å². The molecular weight excluding hydrogens is 250 g/mol. The van der Waals surface area contributed by atoms with Crippen molar-refractivity contribution >= 4 is 0 Å². The predicted octanol–water partition coefficient (Wildman–Crippen LogP) is 2.66. The van der Waals surface area contributed by atoms with Crippen molar-refractivity contribution in [3.63, 3.8) is 0 Å². The molecule has 2 aromatic rings. The first-order chi connectivity index (χ1) is 9.19. The van der Waals surface area contributed by atoms with E-state index in [2.05, 4.69) is 10.3 Å². The molecule has 0 aliphatic heterocycles. The lowest BCUT2D eigenvalue weighted by Crippen LogP contribution is -2.06. The lowest BCUT2D eigenvalue weighted by Gasteiger charge is -2.07. The molecule has 0 bridgehead atoms. The van der Waals surface area contributed by atoms with Gasteiger partial charge < -0.3 is 10.1 Å². The molecule has 0 radical (unpaired) electrons. The lowest BCUT2D eigenvalue weighted by atomic mass is 10.2. The van der Waals surface area contributed by atoms with E-state index in [0.29, 0.717) is 17.9 Å². The summed E-state index contributed by atoms with van der Waals surface area (Å²) in [4.78, 5) is 4.19. The highest BCUT2D eigenvalue weighted by Gasteiger charge is 2.03. The van der Waals surface area contributed by atoms with Crippen LogP contribution in [0.5, 0.6) is 5.75 Å². The predicted molar refractivity (Wildman–Crippen MR) is 67.7 cm³/mol. The molecule has 0 aliphatic rings. The minimum Gasteiger partial charge on any atom is -0.487 e. The van der Waals surface area contributed by atoms with Gasteiger partial charge in [0.15, 0.2) is 11.6 Å². The van der Waals surface area contributed by atoms with Gasteiger partial charge in [-0.25, -0.2) is 8.78 Å². The molecule has 0 saturated carbocycles. The monoisotopic (exact) mass is 264 g/mol. The number of benzene rings is 1. The highest BCUT2D eigenvalue weighted by molar-refractivity contribution is 5.22. The van der Waals surface area contributed by atoms with Gasteiger partial charge in [0.1, 0.15) is 12.4 Å². The maximum atomic E-state index is 13.0. The van der Waals surface area contributed by atoms with Gasteiger partial charge in [-0.2, -0.15) is 0 Å². The number of nitrogens with one attached hydrogen (secondary N) is 1. The summed E-state index contributed by atoms with van der Waals surface area (Å²) in [6.07, 6.45) is 1.60. The Balaban J connectivity index is 1.96. The van der Waals surface area contributed by atoms with Crippen LogP contribution < -0.4 is 10.1 Å². The maximum Gasteiger partial charge on any atom is 0.159 e. The number of nitrogens with zero attached hydrogens (tertiary/aromatic N) is 1. The molecular formula is C14H14F2N2O. The van der Waals surface area contributed by atoms with Crippen LogP contribution in [0.4, 0.5) is 8.78 Å². The Morgan fingerprint density at radius 1 is 1.16 bits per heavy atom. The van der Waals surface area contributed by atoms with Crippen molar-refractivity contribution in [2.24, 2.45) is 0 Å². The minimum absolute atomic E-state index is 0.171. The van der Waals surface area contributed by atoms with E-state index in [1.165, 1.54) is 6.07 Å². The summed E-state index contributed by atoms with van der Waals surface area (Å²) in [7, 11) is 1.84. The van der Waals surface area contributed by atoms with Gasteiger partial charge in [0.25, 0.3) is 0 Å². The third-order valence-corrected chi connectivity index (χ3v) is 2.55. The van der Waals surface area contributed by atoms with Crippen LogP contribution in [0.1, 0.15) is 11.3 Å². The van der Waals surface area contributed by atoms with Gasteiger partial charge in [0.05, 0.1) is 11.9 Å². The van der Waals surface area contributed by atoms with E-state index in [9.17, 15) is 8.78 Å². The van der Waals surface area contributed by atoms with E-state index in [1.807, 2.05) is 13.1 Å². The van der Waals surface area contributed by atoms with Crippen molar-refractivity contribution in [1.82, 2.24) is 10.3 Å². The molecule has 0 spiro atoms. The fourth-order valence-electron chi connectivity index (χ4n) is 1.58. The molecule has 0 atom stereocenters. The molecule has 0 amide bonds. The minimum atomic E-state index is -0.872. The van der Waals surface area contributed by atoms with Crippen molar-refractivity contribution in [1.29, 1.82) is 0 Å². The quantitative estimate of drug-likeness (QED) is 0.901. The molecule has 1 heterocycles. The molecule has 1 aromatic heterocycles. The zero-order chi connectivity index (χ0) is 13.7. The first-order valence-electron chi connectivity index (χ1n) is 5.85. The third-order valence-electron chi connectivity index (χ3n) is 2.55. The highest BCUT2D eigenvalue weighted by atomic mass is 19.2. The summed E-state index contributed by atoms with van der Waals surface area (Å²) in [6.45, 7) is 0.855. The molecule has 19 heavy (non-hydrogen) atoms. The van der Waals surface area contributed by atoms with Gasteiger partial charge in [-0.05, 0) is 36.9 Å². The largest absolute Gasteiger partial charge is 0.487 e. The molecule has 3 nitrogen and oxygen atoms in total. The second-order valence-corrected chi connectivity index (χ2v) is 4.05. The second kappa shape index (κ2) is 6.24. The normalized spacial score (nSPS) is 10.5. The van der Waals surface area contributed by atoms with E-state index < -0.39 is 11.6 Å². The molecule has 100 valence electrons. The summed E-state index contributed by atoms with van der Waals surface area (Å²) >= 11 is 0. The first-order valence-corrected chi connectivity index (χ1v) is 5.85. The summed E-state index contributed by atoms with van der Waals surface area (Å²) in [5.74, 6) is -1.14. The average molecular weight is 264 g/mol. The Morgan fingerprint density at radius 3 is 2.63 bits per heavy atom. The first kappa shape index (κ1) is 13.4. The standard InChI is InChI=1S/C14H14F2N2O/c1-17-7-11-3-4-12(8-18-11)19-9-10-2-5-13(15)14(16)6-10/h2-6,8,17H,7,9H2,1H3. The van der Waals surface area contributed by atoms with E-state index in [1.54, 1.807) is 12.3 Å². The molecule has 0 fully saturated rings. The fraction of sp³-hybridized carbons (Fsp3) is 0.214. The van der Waals surface area contributed by atoms with Crippen molar-refractivity contribution in [2.45, 2.75) is 13.2 Å². The van der Waals surface area contributed by atoms with E-state index in [0.717, 1.165) is 17.8 Å². The Bertz CT molecular complexity index is 544. The summed E-state index contributed by atoms with van der Waals surface area (Å²) in [5.41, 5.74) is 1.47. The Hall–Kier alpha value is -2.01. The maximum absolute atomic E-state index is 13.0. The topological polar surface area (TPSA) is 34.1 Å². The average Bonchev–Trinajstić information content (AvgIpc) is 2.42. The molecule has 1 N–H and O–H groups in total. The van der Waals surface area contributed by atoms with Crippen LogP contribution in [-0.2, 0) is 13.2 Å². The van der Waals surface area contributed by atoms with Gasteiger partial charge in [-0.3, -0.25) is 4.98 Å². The van der Waals surface area contributed by atoms with Gasteiger partial charge in [0.2, 0.25) is 0 Å². The van der Waals surface area contributed by atoms with E-state index in [4.69, 9.17) is 4.74 Å². The van der Waals surface area contributed by atoms with Crippen molar-refractivity contribution < 1.29 is 13.5 Å². The van der Waals surface area contributed by atoms with Crippen LogP contribution in [0.15, 0.2) is 36.5 Å². The van der Waals surface area contributed by atoms with Crippen molar-refractivity contribution in [2.75, 3.05) is 7.05 Å². The second-order valence-electron chi connectivity index (χ2n) is 4.05. The molecule has 5 heteroatoms. The summed E-state index contributed by atoms with van der Waals surface area (Å²) < 4.78 is 31.2. The molecule has 2 rings (SSSR count). The molecule has 0 aliphatic carbocycles. The zero-order valence-corrected chi connectivity index (χ0v) is 10.5. The third kappa shape index (κ3) is 3.72. The number of hydrogen-bond donors (Lipinski definition) is 1. The molecule has 0 saturated heterocycles. The summed E-state index contributed by atoms with van der Waals surface area (Å²) in [6, 6.07) is 7.33. The number of halogens is 2. The van der Waals surface area contributed by atoms with Crippen LogP contribution in [0, 0.1) is 11.6 Å². The van der Waals surface area contributed by atoms with Gasteiger partial charge in [0, 0.05) is 6.54 Å². The number of ether oxygens (including phenoxy) is 1. The number of aromatic nitrogens is 1. The van der Waals surface area contributed by atoms with Gasteiger partial charge >= 0.3 is 0 Å². The molecule has 0 unspecified atom stereocenters. The van der Waals surface area contributed by atoms with E-state index in [-0.39, 0.29) is 6.61 Å². The van der Waals surface area contributed by atoms with Crippen molar-refractivity contribution in [3.05, 3.63) is 59.4 Å². The number of rotatable bonds is 5. The highest BCUT2D eigenvalue weighted by Crippen LogP contribution is 2.14. The summed E-state index contributed by atoms with van der Waals surface area (Å²) in [5, 5.41) is 2.99. The number of hydrogen-bond acceptors (Lipinski definition) is 3. The Kier molecular flexibility index (Phi) is 4.41. The number of pyridine rings is 1. The van der Waals surface area contributed by atoms with E-state index >= 15 is 0 Å². The van der Waals surface area contributed by atoms with Crippen LogP contribution in [0.25, 0.3) is 0 Å². The smallest absolute Gasteiger partial charge is 0.159 e. The van der Waals surface area contributed by atoms with Gasteiger partial charge in [-0.15, -0.1) is 0 Å². The van der Waals surface area contributed by atoms with Crippen LogP contribution in [-0.4, -0.2) is 12.0 Å². The zero-order valence-electron chi connectivity index (χ0n) is 10.5. The SMILES string of the molecule is CNCc1ccc(OCc2ccc(F)c(F)c2)cn1. The van der Waals surface area contributed by atoms with Gasteiger partial charge in [-0.1, -0.05) is 6.07 Å². The fourth-order valence-corrected chi connectivity index (χ4v) is 1.58. The van der Waals surface area contributed by atoms with Crippen LogP contribution in [0.2, 0.25) is 0 Å². The Morgan fingerprint density at radius 2 is 2.00 bits per heavy atom. The Labute approximate surface area is 110 Å².